The van der Waals surface area contributed by atoms with Crippen LogP contribution in [0, 0.1) is 0 Å². The predicted molar refractivity (Wildman–Crippen MR) is 158 cm³/mol. The number of aryl methyl sites for hydroxylation is 1. The molecule has 0 unspecified atom stereocenters. The van der Waals surface area contributed by atoms with E-state index in [1.807, 2.05) is 18.2 Å². The smallest absolute Gasteiger partial charge is 0.323 e. The summed E-state index contributed by atoms with van der Waals surface area (Å²) >= 11 is 0. The molecule has 4 heterocycles. The number of ether oxygens (including phenoxy) is 1. The standard InChI is InChI=1S/C29H32N8O4S/c1-20-19-41-15-14-37(20)25-16-24(29(11-5-12-29)42(39,40)26-6-3-4-13-30-26)34-27(35-25)21-7-9-22(10-8-21)32-28(38)33-23-17-31-36(2)18-23/h3-4,6-10,13,16-18,20H,5,11-12,14-15,19H2,1-2H3,(H2,32,33,38)/t20-/m0/s1. The van der Waals surface area contributed by atoms with Crippen molar-refractivity contribution in [2.45, 2.75) is 42.0 Å². The van der Waals surface area contributed by atoms with Crippen molar-refractivity contribution in [3.05, 3.63) is 72.8 Å². The van der Waals surface area contributed by atoms with Gasteiger partial charge < -0.3 is 20.3 Å². The molecule has 13 heteroatoms. The number of nitrogens with one attached hydrogen (secondary N) is 2. The number of aromatic nitrogens is 5. The Morgan fingerprint density at radius 3 is 2.50 bits per heavy atom. The Morgan fingerprint density at radius 2 is 1.86 bits per heavy atom. The molecule has 1 aliphatic carbocycles. The second kappa shape index (κ2) is 11.1. The maximum atomic E-state index is 14.0. The van der Waals surface area contributed by atoms with E-state index >= 15 is 0 Å². The highest BCUT2D eigenvalue weighted by molar-refractivity contribution is 7.92. The third kappa shape index (κ3) is 5.21. The van der Waals surface area contributed by atoms with Gasteiger partial charge in [-0.2, -0.15) is 5.10 Å². The van der Waals surface area contributed by atoms with Gasteiger partial charge >= 0.3 is 6.03 Å². The highest BCUT2D eigenvalue weighted by Crippen LogP contribution is 2.50. The number of pyridine rings is 1. The van der Waals surface area contributed by atoms with Gasteiger partial charge in [0.05, 0.1) is 36.8 Å². The lowest BCUT2D eigenvalue weighted by molar-refractivity contribution is 0.0985. The summed E-state index contributed by atoms with van der Waals surface area (Å²) in [6.45, 7) is 3.79. The third-order valence-electron chi connectivity index (χ3n) is 7.79. The largest absolute Gasteiger partial charge is 0.377 e. The van der Waals surface area contributed by atoms with E-state index < -0.39 is 20.6 Å². The summed E-state index contributed by atoms with van der Waals surface area (Å²) in [6.07, 6.45) is 6.44. The first-order chi connectivity index (χ1) is 20.2. The van der Waals surface area contributed by atoms with E-state index in [4.69, 9.17) is 14.7 Å². The summed E-state index contributed by atoms with van der Waals surface area (Å²) in [5.74, 6) is 1.07. The number of urea groups is 1. The van der Waals surface area contributed by atoms with E-state index in [9.17, 15) is 13.2 Å². The first-order valence-corrected chi connectivity index (χ1v) is 15.3. The van der Waals surface area contributed by atoms with Crippen molar-refractivity contribution in [3.63, 3.8) is 0 Å². The highest BCUT2D eigenvalue weighted by atomic mass is 32.2. The summed E-state index contributed by atoms with van der Waals surface area (Å²) in [6, 6.07) is 13.6. The molecule has 2 fully saturated rings. The molecule has 0 spiro atoms. The number of amides is 2. The molecule has 0 bridgehead atoms. The van der Waals surface area contributed by atoms with Gasteiger partial charge in [0.2, 0.25) is 9.84 Å². The molecule has 1 atom stereocenters. The van der Waals surface area contributed by atoms with Crippen molar-refractivity contribution in [1.82, 2.24) is 24.7 Å². The van der Waals surface area contributed by atoms with E-state index in [2.05, 4.69) is 32.5 Å². The van der Waals surface area contributed by atoms with Gasteiger partial charge in [0.15, 0.2) is 10.9 Å². The van der Waals surface area contributed by atoms with Crippen LogP contribution in [0.15, 0.2) is 72.1 Å². The number of benzene rings is 1. The van der Waals surface area contributed by atoms with E-state index in [1.54, 1.807) is 54.5 Å². The van der Waals surface area contributed by atoms with E-state index in [-0.39, 0.29) is 11.1 Å². The van der Waals surface area contributed by atoms with Crippen LogP contribution in [0.4, 0.5) is 22.0 Å². The van der Waals surface area contributed by atoms with Crippen molar-refractivity contribution < 1.29 is 17.9 Å². The van der Waals surface area contributed by atoms with Gasteiger partial charge in [-0.25, -0.2) is 28.2 Å². The van der Waals surface area contributed by atoms with Crippen molar-refractivity contribution >= 4 is 33.1 Å². The van der Waals surface area contributed by atoms with Crippen LogP contribution in [0.3, 0.4) is 0 Å². The van der Waals surface area contributed by atoms with Gasteiger partial charge in [0.1, 0.15) is 10.6 Å². The minimum atomic E-state index is -3.83. The molecule has 2 N–H and O–H groups in total. The van der Waals surface area contributed by atoms with E-state index in [0.717, 1.165) is 6.42 Å². The van der Waals surface area contributed by atoms with Crippen molar-refractivity contribution in [2.75, 3.05) is 35.3 Å². The maximum absolute atomic E-state index is 14.0. The second-order valence-corrected chi connectivity index (χ2v) is 12.8. The predicted octanol–water partition coefficient (Wildman–Crippen LogP) is 3.99. The fourth-order valence-corrected chi connectivity index (χ4v) is 7.42. The first kappa shape index (κ1) is 27.8. The molecule has 0 radical (unpaired) electrons. The van der Waals surface area contributed by atoms with Crippen LogP contribution in [-0.4, -0.2) is 65.0 Å². The monoisotopic (exact) mass is 588 g/mol. The molecule has 218 valence electrons. The molecule has 1 saturated carbocycles. The molecule has 1 aliphatic heterocycles. The highest BCUT2D eigenvalue weighted by Gasteiger charge is 2.53. The second-order valence-electron chi connectivity index (χ2n) is 10.6. The molecule has 2 aliphatic rings. The van der Waals surface area contributed by atoms with Gasteiger partial charge in [-0.1, -0.05) is 6.07 Å². The van der Waals surface area contributed by atoms with Gasteiger partial charge in [-0.3, -0.25) is 4.68 Å². The quantitative estimate of drug-likeness (QED) is 0.327. The number of morpholine rings is 1. The molecule has 2 amide bonds. The van der Waals surface area contributed by atoms with Crippen LogP contribution in [0.5, 0.6) is 0 Å². The first-order valence-electron chi connectivity index (χ1n) is 13.8. The Bertz CT molecular complexity index is 1690. The molecule has 4 aromatic rings. The van der Waals surface area contributed by atoms with Crippen LogP contribution < -0.4 is 15.5 Å². The summed E-state index contributed by atoms with van der Waals surface area (Å²) in [4.78, 5) is 28.5. The SMILES string of the molecule is C[C@H]1COCCN1c1cc(C2(S(=O)(=O)c3ccccn3)CCC2)nc(-c2ccc(NC(=O)Nc3cnn(C)c3)cc2)n1. The average Bonchev–Trinajstić information content (AvgIpc) is 3.37. The van der Waals surface area contributed by atoms with Crippen molar-refractivity contribution in [3.8, 4) is 11.4 Å². The van der Waals surface area contributed by atoms with Gasteiger partial charge in [0, 0.05) is 43.3 Å². The number of carbonyl (C=O) groups is 1. The fraction of sp³-hybridized carbons (Fsp3) is 0.345. The summed E-state index contributed by atoms with van der Waals surface area (Å²) < 4.78 is 34.1. The minimum absolute atomic E-state index is 0.0474. The topological polar surface area (TPSA) is 144 Å². The number of carbonyl (C=O) groups excluding carboxylic acids is 1. The van der Waals surface area contributed by atoms with Crippen LogP contribution in [0.2, 0.25) is 0 Å². The van der Waals surface area contributed by atoms with Crippen molar-refractivity contribution in [1.29, 1.82) is 0 Å². The molecule has 12 nitrogen and oxygen atoms in total. The zero-order valence-corrected chi connectivity index (χ0v) is 24.2. The fourth-order valence-electron chi connectivity index (χ4n) is 5.36. The molecule has 1 aromatic carbocycles. The Kier molecular flexibility index (Phi) is 7.37. The van der Waals surface area contributed by atoms with Crippen LogP contribution in [0.1, 0.15) is 31.9 Å². The zero-order chi connectivity index (χ0) is 29.3. The van der Waals surface area contributed by atoms with Gasteiger partial charge in [0.25, 0.3) is 0 Å². The number of nitrogens with zero attached hydrogens (tertiary/aromatic N) is 6. The number of rotatable bonds is 7. The lowest BCUT2D eigenvalue weighted by Crippen LogP contribution is -2.46. The Balaban J connectivity index is 1.35. The van der Waals surface area contributed by atoms with E-state index in [1.165, 1.54) is 6.20 Å². The summed E-state index contributed by atoms with van der Waals surface area (Å²) in [5, 5.41) is 9.63. The maximum Gasteiger partial charge on any atom is 0.323 e. The Labute approximate surface area is 244 Å². The van der Waals surface area contributed by atoms with E-state index in [0.29, 0.717) is 66.9 Å². The third-order valence-corrected chi connectivity index (χ3v) is 10.2. The molecule has 6 rings (SSSR count). The molecular weight excluding hydrogens is 556 g/mol. The van der Waals surface area contributed by atoms with Crippen LogP contribution >= 0.6 is 0 Å². The van der Waals surface area contributed by atoms with Gasteiger partial charge in [-0.15, -0.1) is 0 Å². The number of hydrogen-bond donors (Lipinski definition) is 2. The number of anilines is 3. The summed E-state index contributed by atoms with van der Waals surface area (Å²) in [5.41, 5.74) is 2.32. The van der Waals surface area contributed by atoms with Crippen LogP contribution in [0.25, 0.3) is 11.4 Å². The Morgan fingerprint density at radius 1 is 1.07 bits per heavy atom. The van der Waals surface area contributed by atoms with Crippen molar-refractivity contribution in [2.24, 2.45) is 7.05 Å². The lowest BCUT2D eigenvalue weighted by atomic mass is 9.81. The zero-order valence-electron chi connectivity index (χ0n) is 23.4. The lowest BCUT2D eigenvalue weighted by Gasteiger charge is -2.41. The molecule has 1 saturated heterocycles. The average molecular weight is 589 g/mol. The minimum Gasteiger partial charge on any atom is -0.377 e. The normalized spacial score (nSPS) is 18.2. The summed E-state index contributed by atoms with van der Waals surface area (Å²) in [7, 11) is -2.06. The Hall–Kier alpha value is -4.36. The molecular formula is C29H32N8O4S. The number of sulfone groups is 1. The van der Waals surface area contributed by atoms with Crippen LogP contribution in [-0.2, 0) is 26.4 Å². The number of hydrogen-bond acceptors (Lipinski definition) is 9. The van der Waals surface area contributed by atoms with Gasteiger partial charge in [-0.05, 0) is 62.6 Å². The molecule has 3 aromatic heterocycles. The molecule has 42 heavy (non-hydrogen) atoms.